The van der Waals surface area contributed by atoms with E-state index in [1.165, 1.54) is 0 Å². The molecule has 2 fully saturated rings. The molecule has 2 saturated heterocycles. The van der Waals surface area contributed by atoms with E-state index in [1.54, 1.807) is 6.20 Å². The average Bonchev–Trinajstić information content (AvgIpc) is 2.94. The van der Waals surface area contributed by atoms with Crippen molar-refractivity contribution in [2.75, 3.05) is 20.7 Å². The molecule has 0 aromatic carbocycles. The Hall–Kier alpha value is -0.913. The summed E-state index contributed by atoms with van der Waals surface area (Å²) in [7, 11) is 1.87. The third kappa shape index (κ3) is 4.49. The van der Waals surface area contributed by atoms with Gasteiger partial charge in [-0.05, 0) is 32.0 Å². The van der Waals surface area contributed by atoms with Crippen molar-refractivity contribution in [3.8, 4) is 6.07 Å². The average molecular weight is 383 g/mol. The number of nitrogens with zero attached hydrogens (tertiary/aromatic N) is 2. The summed E-state index contributed by atoms with van der Waals surface area (Å²) in [6, 6.07) is 2.26. The molecule has 4 atom stereocenters. The second-order valence-electron chi connectivity index (χ2n) is 9.39. The standard InChI is InChI=1S/C19H34N2O4Si/c1-18(2,3)26(8,9)22-12-14-16-17(25-19(4,5)24-16)15(23-14)13(10-20)11-21(6)7/h11,14-17H,12H2,1-9H3/b13-11+/t14-,15?,16-,17+/m1/s1. The van der Waals surface area contributed by atoms with E-state index in [-0.39, 0.29) is 23.4 Å². The maximum absolute atomic E-state index is 9.59. The molecular formula is C19H34N2O4Si. The highest BCUT2D eigenvalue weighted by Gasteiger charge is 2.56. The largest absolute Gasteiger partial charge is 0.414 e. The van der Waals surface area contributed by atoms with Crippen LogP contribution >= 0.6 is 0 Å². The van der Waals surface area contributed by atoms with Crippen LogP contribution in [0, 0.1) is 11.3 Å². The second kappa shape index (κ2) is 7.25. The second-order valence-corrected chi connectivity index (χ2v) is 14.2. The van der Waals surface area contributed by atoms with Crippen molar-refractivity contribution >= 4 is 8.32 Å². The van der Waals surface area contributed by atoms with Gasteiger partial charge < -0.3 is 23.5 Å². The molecular weight excluding hydrogens is 348 g/mol. The Morgan fingerprint density at radius 1 is 1.23 bits per heavy atom. The molecule has 2 aliphatic heterocycles. The van der Waals surface area contributed by atoms with Gasteiger partial charge in [-0.2, -0.15) is 5.26 Å². The molecule has 148 valence electrons. The SMILES string of the molecule is CN(C)/C=C(\C#N)C1O[C@H](CO[Si](C)(C)C(C)(C)C)[C@H]2OC(C)(C)O[C@@H]12. The van der Waals surface area contributed by atoms with Gasteiger partial charge in [0.15, 0.2) is 14.1 Å². The molecule has 0 radical (unpaired) electrons. The Morgan fingerprint density at radius 2 is 1.81 bits per heavy atom. The minimum Gasteiger partial charge on any atom is -0.414 e. The molecule has 0 aliphatic carbocycles. The van der Waals surface area contributed by atoms with Gasteiger partial charge in [0.25, 0.3) is 0 Å². The summed E-state index contributed by atoms with van der Waals surface area (Å²) in [5, 5.41) is 9.72. The van der Waals surface area contributed by atoms with Crippen LogP contribution < -0.4 is 0 Å². The highest BCUT2D eigenvalue weighted by Crippen LogP contribution is 2.42. The summed E-state index contributed by atoms with van der Waals surface area (Å²) in [5.74, 6) is -0.689. The lowest BCUT2D eigenvalue weighted by Crippen LogP contribution is -2.44. The first-order valence-corrected chi connectivity index (χ1v) is 12.1. The zero-order valence-corrected chi connectivity index (χ0v) is 18.6. The minimum atomic E-state index is -1.90. The topological polar surface area (TPSA) is 64.0 Å². The molecule has 0 amide bonds. The smallest absolute Gasteiger partial charge is 0.192 e. The summed E-state index contributed by atoms with van der Waals surface area (Å²) in [6.07, 6.45) is 0.553. The van der Waals surface area contributed by atoms with Crippen LogP contribution in [-0.2, 0) is 18.6 Å². The molecule has 26 heavy (non-hydrogen) atoms. The van der Waals surface area contributed by atoms with Crippen molar-refractivity contribution < 1.29 is 18.6 Å². The molecule has 0 saturated carbocycles. The number of hydrogen-bond donors (Lipinski definition) is 0. The van der Waals surface area contributed by atoms with Crippen LogP contribution in [0.25, 0.3) is 0 Å². The van der Waals surface area contributed by atoms with E-state index >= 15 is 0 Å². The van der Waals surface area contributed by atoms with Crippen LogP contribution in [0.5, 0.6) is 0 Å². The third-order valence-corrected chi connectivity index (χ3v) is 9.90. The monoisotopic (exact) mass is 382 g/mol. The van der Waals surface area contributed by atoms with E-state index in [1.807, 2.05) is 32.8 Å². The van der Waals surface area contributed by atoms with Gasteiger partial charge in [0.1, 0.15) is 24.4 Å². The Bertz CT molecular complexity index is 589. The highest BCUT2D eigenvalue weighted by molar-refractivity contribution is 6.74. The fourth-order valence-corrected chi connectivity index (χ4v) is 4.03. The lowest BCUT2D eigenvalue weighted by molar-refractivity contribution is -0.185. The summed E-state index contributed by atoms with van der Waals surface area (Å²) in [5.41, 5.74) is 0.543. The van der Waals surface area contributed by atoms with Crippen molar-refractivity contribution in [2.45, 2.75) is 83.0 Å². The Labute approximate surface area is 159 Å². The first kappa shape index (κ1) is 21.4. The number of hydrogen-bond acceptors (Lipinski definition) is 6. The van der Waals surface area contributed by atoms with Gasteiger partial charge in [0.2, 0.25) is 0 Å². The van der Waals surface area contributed by atoms with Crippen molar-refractivity contribution in [1.82, 2.24) is 4.90 Å². The summed E-state index contributed by atoms with van der Waals surface area (Å²) < 4.78 is 24.8. The summed E-state index contributed by atoms with van der Waals surface area (Å²) in [6.45, 7) is 15.3. The number of ether oxygens (including phenoxy) is 3. The van der Waals surface area contributed by atoms with Crippen LogP contribution in [0.3, 0.4) is 0 Å². The van der Waals surface area contributed by atoms with Gasteiger partial charge in [-0.1, -0.05) is 20.8 Å². The number of fused-ring (bicyclic) bond motifs is 1. The lowest BCUT2D eigenvalue weighted by Gasteiger charge is -2.37. The molecule has 0 spiro atoms. The van der Waals surface area contributed by atoms with Gasteiger partial charge in [-0.15, -0.1) is 0 Å². The molecule has 2 rings (SSSR count). The normalized spacial score (nSPS) is 31.6. The van der Waals surface area contributed by atoms with Crippen LogP contribution in [-0.4, -0.2) is 64.1 Å². The van der Waals surface area contributed by atoms with E-state index in [9.17, 15) is 5.26 Å². The van der Waals surface area contributed by atoms with E-state index in [2.05, 4.69) is 39.9 Å². The maximum Gasteiger partial charge on any atom is 0.192 e. The predicted molar refractivity (Wildman–Crippen MR) is 103 cm³/mol. The molecule has 0 aromatic rings. The fourth-order valence-electron chi connectivity index (χ4n) is 3.02. The molecule has 6 nitrogen and oxygen atoms in total. The molecule has 1 unspecified atom stereocenters. The third-order valence-electron chi connectivity index (χ3n) is 5.40. The van der Waals surface area contributed by atoms with Gasteiger partial charge >= 0.3 is 0 Å². The van der Waals surface area contributed by atoms with Crippen LogP contribution in [0.1, 0.15) is 34.6 Å². The van der Waals surface area contributed by atoms with E-state index in [0.717, 1.165) is 0 Å². The van der Waals surface area contributed by atoms with E-state index in [0.29, 0.717) is 12.2 Å². The van der Waals surface area contributed by atoms with Crippen LogP contribution in [0.2, 0.25) is 18.1 Å². The van der Waals surface area contributed by atoms with Crippen LogP contribution in [0.15, 0.2) is 11.8 Å². The Kier molecular flexibility index (Phi) is 5.96. The molecule has 0 aromatic heterocycles. The van der Waals surface area contributed by atoms with Crippen molar-refractivity contribution in [3.63, 3.8) is 0 Å². The Balaban J connectivity index is 2.20. The molecule has 2 heterocycles. The van der Waals surface area contributed by atoms with Gasteiger partial charge in [0, 0.05) is 20.3 Å². The lowest BCUT2D eigenvalue weighted by atomic mass is 10.0. The molecule has 2 aliphatic rings. The first-order chi connectivity index (χ1) is 11.8. The minimum absolute atomic E-state index is 0.124. The van der Waals surface area contributed by atoms with Crippen molar-refractivity contribution in [1.29, 1.82) is 5.26 Å². The number of nitriles is 1. The summed E-state index contributed by atoms with van der Waals surface area (Å²) >= 11 is 0. The zero-order chi connectivity index (χ0) is 19.9. The predicted octanol–water partition coefficient (Wildman–Crippen LogP) is 3.26. The Morgan fingerprint density at radius 3 is 2.31 bits per heavy atom. The highest BCUT2D eigenvalue weighted by atomic mass is 28.4. The first-order valence-electron chi connectivity index (χ1n) is 9.21. The zero-order valence-electron chi connectivity index (χ0n) is 17.6. The van der Waals surface area contributed by atoms with Crippen LogP contribution in [0.4, 0.5) is 0 Å². The summed E-state index contributed by atoms with van der Waals surface area (Å²) in [4.78, 5) is 1.84. The maximum atomic E-state index is 9.59. The van der Waals surface area contributed by atoms with Gasteiger partial charge in [-0.25, -0.2) is 0 Å². The number of rotatable bonds is 5. The fraction of sp³-hybridized carbons (Fsp3) is 0.842. The quantitative estimate of drug-likeness (QED) is 0.537. The van der Waals surface area contributed by atoms with Crippen molar-refractivity contribution in [2.24, 2.45) is 0 Å². The molecule has 0 bridgehead atoms. The van der Waals surface area contributed by atoms with Gasteiger partial charge in [0.05, 0.1) is 18.2 Å². The van der Waals surface area contributed by atoms with Gasteiger partial charge in [-0.3, -0.25) is 0 Å². The van der Waals surface area contributed by atoms with E-state index < -0.39 is 20.2 Å². The van der Waals surface area contributed by atoms with E-state index in [4.69, 9.17) is 18.6 Å². The molecule has 0 N–H and O–H groups in total. The molecule has 7 heteroatoms. The van der Waals surface area contributed by atoms with Crippen molar-refractivity contribution in [3.05, 3.63) is 11.8 Å².